The third-order valence-electron chi connectivity index (χ3n) is 4.74. The summed E-state index contributed by atoms with van der Waals surface area (Å²) < 4.78 is 52.1. The molecule has 32 heavy (non-hydrogen) atoms. The molecule has 0 aromatic carbocycles. The largest absolute Gasteiger partial charge is 0.574 e. The van der Waals surface area contributed by atoms with E-state index in [1.165, 1.54) is 19.4 Å². The summed E-state index contributed by atoms with van der Waals surface area (Å²) in [6.45, 7) is 0. The van der Waals surface area contributed by atoms with Gasteiger partial charge in [-0.3, -0.25) is 4.79 Å². The highest BCUT2D eigenvalue weighted by Crippen LogP contribution is 2.36. The summed E-state index contributed by atoms with van der Waals surface area (Å²) in [7, 11) is 1.47. The highest BCUT2D eigenvalue weighted by molar-refractivity contribution is 6.33. The topological polar surface area (TPSA) is 99.4 Å². The maximum atomic E-state index is 12.7. The third-order valence-corrected chi connectivity index (χ3v) is 5.04. The van der Waals surface area contributed by atoms with Crippen molar-refractivity contribution in [2.24, 2.45) is 0 Å². The lowest BCUT2D eigenvalue weighted by Gasteiger charge is -2.21. The van der Waals surface area contributed by atoms with Crippen LogP contribution >= 0.6 is 11.6 Å². The van der Waals surface area contributed by atoms with Crippen molar-refractivity contribution >= 4 is 17.5 Å². The van der Waals surface area contributed by atoms with Crippen LogP contribution in [-0.2, 0) is 6.42 Å². The number of fused-ring (bicyclic) bond motifs is 1. The number of hydrogen-bond acceptors (Lipinski definition) is 7. The summed E-state index contributed by atoms with van der Waals surface area (Å²) in [5.74, 6) is -0.268. The highest BCUT2D eigenvalue weighted by Gasteiger charge is 2.32. The van der Waals surface area contributed by atoms with E-state index in [-0.39, 0.29) is 11.5 Å². The van der Waals surface area contributed by atoms with Crippen LogP contribution in [0.15, 0.2) is 35.0 Å². The summed E-state index contributed by atoms with van der Waals surface area (Å²) in [6.07, 6.45) is -0.485. The Kier molecular flexibility index (Phi) is 5.92. The highest BCUT2D eigenvalue weighted by atomic mass is 35.5. The molecule has 1 aliphatic rings. The Morgan fingerprint density at radius 2 is 2.09 bits per heavy atom. The first-order chi connectivity index (χ1) is 15.2. The first kappa shape index (κ1) is 21.9. The molecule has 0 bridgehead atoms. The quantitative estimate of drug-likeness (QED) is 0.588. The molecule has 0 saturated heterocycles. The van der Waals surface area contributed by atoms with Crippen molar-refractivity contribution in [1.82, 2.24) is 20.3 Å². The van der Waals surface area contributed by atoms with E-state index in [1.807, 2.05) is 0 Å². The van der Waals surface area contributed by atoms with Gasteiger partial charge in [-0.15, -0.1) is 13.2 Å². The molecule has 0 saturated carbocycles. The predicted octanol–water partition coefficient (Wildman–Crippen LogP) is 4.50. The van der Waals surface area contributed by atoms with Gasteiger partial charge in [0.25, 0.3) is 5.91 Å². The lowest BCUT2D eigenvalue weighted by Crippen LogP contribution is -2.30. The van der Waals surface area contributed by atoms with Gasteiger partial charge in [0.15, 0.2) is 0 Å². The minimum absolute atomic E-state index is 0.0342. The zero-order chi connectivity index (χ0) is 22.9. The fraction of sp³-hybridized carbons (Fsp3) is 0.300. The minimum Gasteiger partial charge on any atom is -0.481 e. The van der Waals surface area contributed by atoms with Crippen LogP contribution in [0.4, 0.5) is 13.2 Å². The molecule has 0 fully saturated rings. The van der Waals surface area contributed by atoms with Crippen molar-refractivity contribution in [2.75, 3.05) is 7.11 Å². The van der Waals surface area contributed by atoms with Crippen LogP contribution < -0.4 is 14.8 Å². The second-order valence-corrected chi connectivity index (χ2v) is 7.29. The summed E-state index contributed by atoms with van der Waals surface area (Å²) >= 11 is 6.23. The SMILES string of the molecule is COc1cc(-c2nc3c(o2)C(NC(=O)c2ccnc(OC(F)(F)F)c2)CCC3)c(Cl)cn1. The monoisotopic (exact) mass is 468 g/mol. The van der Waals surface area contributed by atoms with Gasteiger partial charge in [0.05, 0.1) is 35.6 Å². The van der Waals surface area contributed by atoms with Crippen molar-refractivity contribution in [1.29, 1.82) is 0 Å². The smallest absolute Gasteiger partial charge is 0.481 e. The number of carbonyl (C=O) groups excluding carboxylic acids is 1. The zero-order valence-corrected chi connectivity index (χ0v) is 17.3. The van der Waals surface area contributed by atoms with Gasteiger partial charge in [0.2, 0.25) is 17.7 Å². The molecule has 3 aromatic rings. The number of pyridine rings is 2. The molecular weight excluding hydrogens is 453 g/mol. The molecule has 8 nitrogen and oxygen atoms in total. The standard InChI is InChI=1S/C20H16ClF3N4O4/c1-30-15-8-11(12(21)9-26-15)19-28-14-4-2-3-13(17(14)31-19)27-18(29)10-5-6-25-16(7-10)32-20(22,23)24/h5-9,13H,2-4H2,1H3,(H,27,29). The molecule has 1 atom stereocenters. The van der Waals surface area contributed by atoms with Crippen molar-refractivity contribution in [3.05, 3.63) is 52.6 Å². The zero-order valence-electron chi connectivity index (χ0n) is 16.6. The van der Waals surface area contributed by atoms with Gasteiger partial charge in [0.1, 0.15) is 5.76 Å². The number of aromatic nitrogens is 3. The number of amides is 1. The van der Waals surface area contributed by atoms with Crippen LogP contribution in [0, 0.1) is 0 Å². The number of halogens is 4. The van der Waals surface area contributed by atoms with Crippen molar-refractivity contribution in [3.63, 3.8) is 0 Å². The summed E-state index contributed by atoms with van der Waals surface area (Å²) in [5, 5.41) is 3.09. The van der Waals surface area contributed by atoms with Crippen molar-refractivity contribution in [2.45, 2.75) is 31.7 Å². The van der Waals surface area contributed by atoms with Gasteiger partial charge < -0.3 is 19.2 Å². The molecule has 4 rings (SSSR count). The van der Waals surface area contributed by atoms with Crippen LogP contribution in [0.1, 0.15) is 40.7 Å². The van der Waals surface area contributed by atoms with E-state index in [0.717, 1.165) is 18.7 Å². The number of carbonyl (C=O) groups is 1. The number of alkyl halides is 3. The Morgan fingerprint density at radius 1 is 1.28 bits per heavy atom. The number of nitrogens with one attached hydrogen (secondary N) is 1. The first-order valence-electron chi connectivity index (χ1n) is 9.45. The van der Waals surface area contributed by atoms with Crippen LogP contribution in [0.2, 0.25) is 5.02 Å². The molecule has 168 valence electrons. The van der Waals surface area contributed by atoms with E-state index in [2.05, 4.69) is 25.0 Å². The lowest BCUT2D eigenvalue weighted by atomic mass is 9.97. The Morgan fingerprint density at radius 3 is 2.84 bits per heavy atom. The molecule has 0 aliphatic heterocycles. The van der Waals surface area contributed by atoms with Crippen molar-refractivity contribution < 1.29 is 31.9 Å². The van der Waals surface area contributed by atoms with Crippen LogP contribution in [0.5, 0.6) is 11.8 Å². The molecule has 3 heterocycles. The van der Waals surface area contributed by atoms with Crippen LogP contribution in [0.3, 0.4) is 0 Å². The second kappa shape index (κ2) is 8.65. The van der Waals surface area contributed by atoms with Crippen LogP contribution in [0.25, 0.3) is 11.5 Å². The lowest BCUT2D eigenvalue weighted by molar-refractivity contribution is -0.276. The first-order valence-corrected chi connectivity index (χ1v) is 9.83. The average molecular weight is 469 g/mol. The summed E-state index contributed by atoms with van der Waals surface area (Å²) in [4.78, 5) is 24.7. The minimum atomic E-state index is -4.91. The van der Waals surface area contributed by atoms with E-state index in [0.29, 0.717) is 40.8 Å². The fourth-order valence-corrected chi connectivity index (χ4v) is 3.52. The molecular formula is C20H16ClF3N4O4. The number of oxazole rings is 1. The molecule has 1 unspecified atom stereocenters. The Balaban J connectivity index is 1.57. The van der Waals surface area contributed by atoms with E-state index >= 15 is 0 Å². The van der Waals surface area contributed by atoms with E-state index < -0.39 is 24.2 Å². The molecule has 1 aliphatic carbocycles. The normalized spacial score (nSPS) is 15.7. The van der Waals surface area contributed by atoms with Gasteiger partial charge in [0, 0.05) is 23.9 Å². The number of nitrogens with zero attached hydrogens (tertiary/aromatic N) is 3. The molecule has 12 heteroatoms. The van der Waals surface area contributed by atoms with Gasteiger partial charge >= 0.3 is 6.36 Å². The number of rotatable bonds is 5. The summed E-state index contributed by atoms with van der Waals surface area (Å²) in [5.41, 5.74) is 1.12. The number of hydrogen-bond donors (Lipinski definition) is 1. The van der Waals surface area contributed by atoms with Gasteiger partial charge in [-0.1, -0.05) is 11.6 Å². The van der Waals surface area contributed by atoms with E-state index in [4.69, 9.17) is 20.8 Å². The Labute approximate surface area is 184 Å². The predicted molar refractivity (Wildman–Crippen MR) is 105 cm³/mol. The van der Waals surface area contributed by atoms with Gasteiger partial charge in [-0.05, 0) is 25.3 Å². The Bertz CT molecular complexity index is 1150. The fourth-order valence-electron chi connectivity index (χ4n) is 3.33. The maximum absolute atomic E-state index is 12.7. The average Bonchev–Trinajstić information content (AvgIpc) is 3.18. The van der Waals surface area contributed by atoms with Crippen LogP contribution in [-0.4, -0.2) is 34.3 Å². The Hall–Kier alpha value is -3.34. The second-order valence-electron chi connectivity index (χ2n) is 6.89. The molecule has 0 spiro atoms. The van der Waals surface area contributed by atoms with E-state index in [9.17, 15) is 18.0 Å². The van der Waals surface area contributed by atoms with Gasteiger partial charge in [-0.2, -0.15) is 0 Å². The van der Waals surface area contributed by atoms with E-state index in [1.54, 1.807) is 6.07 Å². The molecule has 0 radical (unpaired) electrons. The third kappa shape index (κ3) is 4.77. The van der Waals surface area contributed by atoms with Crippen molar-refractivity contribution in [3.8, 4) is 23.2 Å². The summed E-state index contributed by atoms with van der Waals surface area (Å²) in [6, 6.07) is 3.28. The number of methoxy groups -OCH3 is 1. The maximum Gasteiger partial charge on any atom is 0.574 e. The molecule has 1 amide bonds. The molecule has 1 N–H and O–H groups in total. The van der Waals surface area contributed by atoms with Gasteiger partial charge in [-0.25, -0.2) is 15.0 Å². The molecule has 3 aromatic heterocycles. The number of aryl methyl sites for hydroxylation is 1. The number of ether oxygens (including phenoxy) is 2.